The van der Waals surface area contributed by atoms with Crippen LogP contribution in [-0.2, 0) is 14.3 Å². The average Bonchev–Trinajstić information content (AvgIpc) is 3.27. The van der Waals surface area contributed by atoms with Gasteiger partial charge in [-0.3, -0.25) is 9.59 Å². The van der Waals surface area contributed by atoms with E-state index in [0.717, 1.165) is 24.2 Å². The summed E-state index contributed by atoms with van der Waals surface area (Å²) in [5.41, 5.74) is 1.77. The molecule has 2 bridgehead atoms. The van der Waals surface area contributed by atoms with E-state index >= 15 is 0 Å². The molecule has 1 N–H and O–H groups in total. The van der Waals surface area contributed by atoms with Crippen LogP contribution in [0.4, 0.5) is 5.69 Å². The molecule has 0 radical (unpaired) electrons. The lowest BCUT2D eigenvalue weighted by molar-refractivity contribution is -0.145. The predicted octanol–water partition coefficient (Wildman–Crippen LogP) is 3.92. The summed E-state index contributed by atoms with van der Waals surface area (Å²) >= 11 is 0. The molecule has 2 aromatic carbocycles. The quantitative estimate of drug-likeness (QED) is 0.836. The Labute approximate surface area is 157 Å². The van der Waals surface area contributed by atoms with E-state index < -0.39 is 0 Å². The minimum Gasteiger partial charge on any atom is -0.462 e. The van der Waals surface area contributed by atoms with Crippen molar-refractivity contribution < 1.29 is 19.1 Å². The lowest BCUT2D eigenvalue weighted by atomic mass is 9.79. The van der Waals surface area contributed by atoms with Crippen LogP contribution in [0.5, 0.6) is 11.5 Å². The molecule has 5 nitrogen and oxygen atoms in total. The fraction of sp³-hybridized carbons (Fsp3) is 0.364. The van der Waals surface area contributed by atoms with Crippen LogP contribution in [0.3, 0.4) is 0 Å². The first-order chi connectivity index (χ1) is 13.1. The molecule has 1 saturated heterocycles. The number of fused-ring (bicyclic) bond motifs is 1. The lowest BCUT2D eigenvalue weighted by Crippen LogP contribution is -2.35. The van der Waals surface area contributed by atoms with Crippen LogP contribution in [0.2, 0.25) is 0 Å². The van der Waals surface area contributed by atoms with Gasteiger partial charge in [-0.1, -0.05) is 18.2 Å². The second-order valence-electron chi connectivity index (χ2n) is 7.80. The lowest BCUT2D eigenvalue weighted by Gasteiger charge is -2.23. The molecule has 1 aliphatic heterocycles. The molecule has 5 atom stereocenters. The van der Waals surface area contributed by atoms with Crippen LogP contribution in [0.1, 0.15) is 18.4 Å². The molecule has 27 heavy (non-hydrogen) atoms. The van der Waals surface area contributed by atoms with Gasteiger partial charge in [0.1, 0.15) is 17.6 Å². The number of rotatable bonds is 4. The number of hydrogen-bond donors (Lipinski definition) is 1. The van der Waals surface area contributed by atoms with Crippen molar-refractivity contribution in [2.45, 2.75) is 25.9 Å². The Kier molecular flexibility index (Phi) is 3.71. The fourth-order valence-electron chi connectivity index (χ4n) is 4.99. The average molecular weight is 363 g/mol. The van der Waals surface area contributed by atoms with Gasteiger partial charge in [0.05, 0.1) is 11.8 Å². The number of nitrogens with one attached hydrogen (secondary N) is 1. The van der Waals surface area contributed by atoms with Gasteiger partial charge in [-0.15, -0.1) is 0 Å². The first-order valence-electron chi connectivity index (χ1n) is 9.45. The highest BCUT2D eigenvalue weighted by Crippen LogP contribution is 2.57. The van der Waals surface area contributed by atoms with Gasteiger partial charge in [0.25, 0.3) is 0 Å². The van der Waals surface area contributed by atoms with E-state index in [4.69, 9.17) is 9.47 Å². The molecule has 5 rings (SSSR count). The van der Waals surface area contributed by atoms with E-state index in [2.05, 4.69) is 5.32 Å². The molecule has 2 aliphatic carbocycles. The third-order valence-corrected chi connectivity index (χ3v) is 6.23. The molecule has 1 heterocycles. The highest BCUT2D eigenvalue weighted by Gasteiger charge is 2.63. The number of carbonyl (C=O) groups excluding carboxylic acids is 2. The number of ether oxygens (including phenoxy) is 2. The van der Waals surface area contributed by atoms with Crippen LogP contribution in [0.15, 0.2) is 48.5 Å². The van der Waals surface area contributed by atoms with Crippen LogP contribution < -0.4 is 10.1 Å². The first-order valence-corrected chi connectivity index (χ1v) is 9.45. The Morgan fingerprint density at radius 3 is 2.67 bits per heavy atom. The Morgan fingerprint density at radius 1 is 1.11 bits per heavy atom. The number of para-hydroxylation sites is 1. The summed E-state index contributed by atoms with van der Waals surface area (Å²) in [5, 5.41) is 2.97. The number of aryl methyl sites for hydroxylation is 1. The zero-order valence-corrected chi connectivity index (χ0v) is 15.1. The van der Waals surface area contributed by atoms with Crippen molar-refractivity contribution in [1.29, 1.82) is 0 Å². The van der Waals surface area contributed by atoms with Crippen molar-refractivity contribution in [2.24, 2.45) is 23.7 Å². The van der Waals surface area contributed by atoms with E-state index in [-0.39, 0.29) is 41.7 Å². The Bertz CT molecular complexity index is 905. The van der Waals surface area contributed by atoms with Crippen LogP contribution in [0.25, 0.3) is 0 Å². The maximum absolute atomic E-state index is 12.8. The summed E-state index contributed by atoms with van der Waals surface area (Å²) in [6.45, 7) is 2.00. The molecule has 1 amide bonds. The Morgan fingerprint density at radius 2 is 1.89 bits per heavy atom. The van der Waals surface area contributed by atoms with Gasteiger partial charge in [0, 0.05) is 11.6 Å². The molecule has 0 aromatic heterocycles. The minimum absolute atomic E-state index is 0.0504. The SMILES string of the molecule is Cc1ccccc1Oc1ccc(NC(=O)[C@H]2[C@@H]3C[C@@H]4[C@@H]2C(=O)O[C@@H]4C3)cc1. The van der Waals surface area contributed by atoms with E-state index in [1.165, 1.54) is 0 Å². The molecule has 3 fully saturated rings. The largest absolute Gasteiger partial charge is 0.462 e. The standard InChI is InChI=1S/C22H21NO4/c1-12-4-2-3-5-17(12)26-15-8-6-14(7-9-15)23-21(24)19-13-10-16-18(11-13)27-22(25)20(16)19/h2-9,13,16,18-20H,10-11H2,1H3,(H,23,24)/t13-,16+,18-,19+,20+/m1/s1. The summed E-state index contributed by atoms with van der Waals surface area (Å²) in [7, 11) is 0. The molecule has 0 unspecified atom stereocenters. The molecule has 3 aliphatic rings. The second kappa shape index (κ2) is 6.12. The molecular formula is C22H21NO4. The number of benzene rings is 2. The molecule has 138 valence electrons. The van der Waals surface area contributed by atoms with E-state index in [9.17, 15) is 9.59 Å². The highest BCUT2D eigenvalue weighted by molar-refractivity contribution is 5.97. The predicted molar refractivity (Wildman–Crippen MR) is 99.4 cm³/mol. The molecular weight excluding hydrogens is 342 g/mol. The van der Waals surface area contributed by atoms with Crippen molar-refractivity contribution in [2.75, 3.05) is 5.32 Å². The van der Waals surface area contributed by atoms with Crippen LogP contribution in [0, 0.1) is 30.6 Å². The zero-order chi connectivity index (χ0) is 18.5. The van der Waals surface area contributed by atoms with Gasteiger partial charge < -0.3 is 14.8 Å². The fourth-order valence-corrected chi connectivity index (χ4v) is 4.99. The van der Waals surface area contributed by atoms with E-state index in [1.807, 2.05) is 55.5 Å². The number of anilines is 1. The monoisotopic (exact) mass is 363 g/mol. The molecule has 5 heteroatoms. The number of amides is 1. The Hall–Kier alpha value is -2.82. The van der Waals surface area contributed by atoms with Crippen molar-refractivity contribution in [3.63, 3.8) is 0 Å². The van der Waals surface area contributed by atoms with Gasteiger partial charge in [-0.25, -0.2) is 0 Å². The molecule has 2 aromatic rings. The van der Waals surface area contributed by atoms with Gasteiger partial charge in [0.2, 0.25) is 5.91 Å². The maximum Gasteiger partial charge on any atom is 0.310 e. The van der Waals surface area contributed by atoms with Crippen molar-refractivity contribution >= 4 is 17.6 Å². The van der Waals surface area contributed by atoms with Gasteiger partial charge >= 0.3 is 5.97 Å². The van der Waals surface area contributed by atoms with Gasteiger partial charge in [-0.2, -0.15) is 0 Å². The Balaban J connectivity index is 1.27. The van der Waals surface area contributed by atoms with E-state index in [1.54, 1.807) is 0 Å². The summed E-state index contributed by atoms with van der Waals surface area (Å²) in [5.74, 6) is 1.25. The van der Waals surface area contributed by atoms with Gasteiger partial charge in [0.15, 0.2) is 0 Å². The number of esters is 1. The second-order valence-corrected chi connectivity index (χ2v) is 7.80. The van der Waals surface area contributed by atoms with Crippen LogP contribution in [-0.4, -0.2) is 18.0 Å². The van der Waals surface area contributed by atoms with Crippen molar-refractivity contribution in [3.05, 3.63) is 54.1 Å². The summed E-state index contributed by atoms with van der Waals surface area (Å²) in [4.78, 5) is 24.9. The maximum atomic E-state index is 12.8. The normalized spacial score (nSPS) is 30.3. The van der Waals surface area contributed by atoms with Crippen molar-refractivity contribution in [3.8, 4) is 11.5 Å². The van der Waals surface area contributed by atoms with E-state index in [0.29, 0.717) is 11.4 Å². The number of carbonyl (C=O) groups is 2. The van der Waals surface area contributed by atoms with Gasteiger partial charge in [-0.05, 0) is 61.6 Å². The summed E-state index contributed by atoms with van der Waals surface area (Å²) in [6, 6.07) is 15.2. The molecule has 2 saturated carbocycles. The third kappa shape index (κ3) is 2.69. The van der Waals surface area contributed by atoms with Crippen LogP contribution >= 0.6 is 0 Å². The summed E-state index contributed by atoms with van der Waals surface area (Å²) < 4.78 is 11.3. The smallest absolute Gasteiger partial charge is 0.310 e. The van der Waals surface area contributed by atoms with Crippen molar-refractivity contribution in [1.82, 2.24) is 0 Å². The molecule has 0 spiro atoms. The minimum atomic E-state index is -0.260. The third-order valence-electron chi connectivity index (χ3n) is 6.23. The summed E-state index contributed by atoms with van der Waals surface area (Å²) in [6.07, 6.45) is 1.81. The zero-order valence-electron chi connectivity index (χ0n) is 15.1. The topological polar surface area (TPSA) is 64.6 Å². The highest BCUT2D eigenvalue weighted by atomic mass is 16.6. The first kappa shape index (κ1) is 16.4. The number of hydrogen-bond acceptors (Lipinski definition) is 4.